The SMILES string of the molecule is Cc1c(CC(=O)N[C@@H](Cc2c[nH]c3ccc(O)cc23)C(=O)O)c(=O)oc2cc(O)ccc12. The van der Waals surface area contributed by atoms with E-state index in [9.17, 15) is 29.7 Å². The van der Waals surface area contributed by atoms with Gasteiger partial charge in [0.05, 0.1) is 12.0 Å². The van der Waals surface area contributed by atoms with Gasteiger partial charge >= 0.3 is 11.6 Å². The summed E-state index contributed by atoms with van der Waals surface area (Å²) in [6, 6.07) is 7.79. The molecule has 9 nitrogen and oxygen atoms in total. The quantitative estimate of drug-likeness (QED) is 0.291. The molecule has 1 atom stereocenters. The molecule has 1 amide bonds. The number of rotatable bonds is 6. The third-order valence-electron chi connectivity index (χ3n) is 5.42. The highest BCUT2D eigenvalue weighted by Crippen LogP contribution is 2.25. The van der Waals surface area contributed by atoms with Crippen molar-refractivity contribution in [3.63, 3.8) is 0 Å². The first-order chi connectivity index (χ1) is 15.2. The summed E-state index contributed by atoms with van der Waals surface area (Å²) >= 11 is 0. The third kappa shape index (κ3) is 4.00. The number of benzene rings is 2. The lowest BCUT2D eigenvalue weighted by molar-refractivity contribution is -0.141. The average molecular weight is 436 g/mol. The molecule has 4 rings (SSSR count). The molecule has 0 saturated carbocycles. The molecule has 32 heavy (non-hydrogen) atoms. The van der Waals surface area contributed by atoms with Gasteiger partial charge in [0.25, 0.3) is 0 Å². The van der Waals surface area contributed by atoms with Crippen LogP contribution in [0.15, 0.2) is 51.8 Å². The van der Waals surface area contributed by atoms with Gasteiger partial charge < -0.3 is 30.0 Å². The number of fused-ring (bicyclic) bond motifs is 2. The molecule has 9 heteroatoms. The predicted octanol–water partition coefficient (Wildman–Crippen LogP) is 2.35. The van der Waals surface area contributed by atoms with Gasteiger partial charge in [-0.1, -0.05) is 0 Å². The van der Waals surface area contributed by atoms with Crippen molar-refractivity contribution >= 4 is 33.7 Å². The van der Waals surface area contributed by atoms with Gasteiger partial charge in [-0.25, -0.2) is 9.59 Å². The molecule has 0 aliphatic carbocycles. The maximum atomic E-state index is 12.6. The summed E-state index contributed by atoms with van der Waals surface area (Å²) in [4.78, 5) is 39.8. The lowest BCUT2D eigenvalue weighted by atomic mass is 10.0. The van der Waals surface area contributed by atoms with E-state index in [1.807, 2.05) is 0 Å². The molecule has 0 aliphatic heterocycles. The summed E-state index contributed by atoms with van der Waals surface area (Å²) in [5, 5.41) is 32.6. The molecular formula is C23H20N2O7. The van der Waals surface area contributed by atoms with Crippen LogP contribution < -0.4 is 10.9 Å². The van der Waals surface area contributed by atoms with Crippen molar-refractivity contribution in [2.45, 2.75) is 25.8 Å². The highest BCUT2D eigenvalue weighted by atomic mass is 16.4. The normalized spacial score (nSPS) is 12.2. The number of carboxylic acid groups (broad SMARTS) is 1. The van der Waals surface area contributed by atoms with Crippen molar-refractivity contribution in [1.29, 1.82) is 0 Å². The first-order valence-electron chi connectivity index (χ1n) is 9.79. The van der Waals surface area contributed by atoms with E-state index >= 15 is 0 Å². The number of carbonyl (C=O) groups excluding carboxylic acids is 1. The maximum Gasteiger partial charge on any atom is 0.340 e. The van der Waals surface area contributed by atoms with Crippen molar-refractivity contribution in [2.75, 3.05) is 0 Å². The summed E-state index contributed by atoms with van der Waals surface area (Å²) < 4.78 is 5.21. The van der Waals surface area contributed by atoms with Crippen LogP contribution in [0.5, 0.6) is 11.5 Å². The number of carbonyl (C=O) groups is 2. The number of hydrogen-bond acceptors (Lipinski definition) is 6. The van der Waals surface area contributed by atoms with Gasteiger partial charge in [0.2, 0.25) is 5.91 Å². The predicted molar refractivity (Wildman–Crippen MR) is 116 cm³/mol. The van der Waals surface area contributed by atoms with Crippen LogP contribution in [0.4, 0.5) is 0 Å². The largest absolute Gasteiger partial charge is 0.508 e. The molecule has 0 spiro atoms. The van der Waals surface area contributed by atoms with Gasteiger partial charge in [0.15, 0.2) is 0 Å². The maximum absolute atomic E-state index is 12.6. The summed E-state index contributed by atoms with van der Waals surface area (Å²) in [6.07, 6.45) is 1.25. The van der Waals surface area contributed by atoms with Crippen LogP contribution in [-0.2, 0) is 22.4 Å². The Labute approximate surface area is 180 Å². The zero-order valence-corrected chi connectivity index (χ0v) is 17.0. The molecule has 0 unspecified atom stereocenters. The zero-order valence-electron chi connectivity index (χ0n) is 17.0. The van der Waals surface area contributed by atoms with Crippen LogP contribution in [0.25, 0.3) is 21.9 Å². The topological polar surface area (TPSA) is 153 Å². The lowest BCUT2D eigenvalue weighted by Gasteiger charge is -2.15. The number of aromatic amines is 1. The standard InChI is InChI=1S/C23H20N2O7/c1-11-15-4-2-14(27)8-20(15)32-23(31)16(11)9-21(28)25-19(22(29)30)6-12-10-24-18-5-3-13(26)7-17(12)18/h2-5,7-8,10,19,24,26-27H,6,9H2,1H3,(H,25,28)(H,29,30)/t19-/m0/s1. The molecule has 5 N–H and O–H groups in total. The molecule has 4 aromatic rings. The number of H-pyrrole nitrogens is 1. The van der Waals surface area contributed by atoms with Gasteiger partial charge in [-0.05, 0) is 48.4 Å². The third-order valence-corrected chi connectivity index (χ3v) is 5.42. The van der Waals surface area contributed by atoms with Crippen LogP contribution in [0, 0.1) is 6.92 Å². The minimum absolute atomic E-state index is 0.0187. The average Bonchev–Trinajstić information content (AvgIpc) is 3.12. The Balaban J connectivity index is 1.56. The van der Waals surface area contributed by atoms with E-state index in [0.29, 0.717) is 21.9 Å². The van der Waals surface area contributed by atoms with Gasteiger partial charge in [-0.3, -0.25) is 4.79 Å². The zero-order chi connectivity index (χ0) is 23.0. The number of phenols is 2. The molecule has 0 radical (unpaired) electrons. The molecule has 0 fully saturated rings. The second-order valence-electron chi connectivity index (χ2n) is 7.56. The van der Waals surface area contributed by atoms with Crippen LogP contribution in [0.2, 0.25) is 0 Å². The summed E-state index contributed by atoms with van der Waals surface area (Å²) in [7, 11) is 0. The minimum Gasteiger partial charge on any atom is -0.508 e. The van der Waals surface area contributed by atoms with Crippen molar-refractivity contribution in [1.82, 2.24) is 10.3 Å². The fraction of sp³-hybridized carbons (Fsp3) is 0.174. The Morgan fingerprint density at radius 3 is 2.56 bits per heavy atom. The Morgan fingerprint density at radius 2 is 1.81 bits per heavy atom. The number of aromatic hydroxyl groups is 2. The fourth-order valence-corrected chi connectivity index (χ4v) is 3.75. The second kappa shape index (κ2) is 8.10. The highest BCUT2D eigenvalue weighted by molar-refractivity contribution is 5.89. The van der Waals surface area contributed by atoms with E-state index in [0.717, 1.165) is 5.52 Å². The van der Waals surface area contributed by atoms with Crippen molar-refractivity contribution in [3.05, 3.63) is 69.7 Å². The van der Waals surface area contributed by atoms with E-state index in [2.05, 4.69) is 10.3 Å². The molecule has 2 heterocycles. The summed E-state index contributed by atoms with van der Waals surface area (Å²) in [5.41, 5.74) is 1.44. The number of amides is 1. The number of aryl methyl sites for hydroxylation is 1. The molecule has 2 aromatic heterocycles. The smallest absolute Gasteiger partial charge is 0.340 e. The van der Waals surface area contributed by atoms with Gasteiger partial charge in [-0.2, -0.15) is 0 Å². The Hall–Kier alpha value is -4.27. The number of aromatic nitrogens is 1. The van der Waals surface area contributed by atoms with Gasteiger partial charge in [-0.15, -0.1) is 0 Å². The first kappa shape index (κ1) is 21.0. The number of hydrogen-bond donors (Lipinski definition) is 5. The molecule has 164 valence electrons. The molecular weight excluding hydrogens is 416 g/mol. The first-order valence-corrected chi connectivity index (χ1v) is 9.79. The van der Waals surface area contributed by atoms with Crippen LogP contribution in [-0.4, -0.2) is 38.2 Å². The highest BCUT2D eigenvalue weighted by Gasteiger charge is 2.24. The lowest BCUT2D eigenvalue weighted by Crippen LogP contribution is -2.43. The van der Waals surface area contributed by atoms with E-state index in [4.69, 9.17) is 4.42 Å². The van der Waals surface area contributed by atoms with Gasteiger partial charge in [0, 0.05) is 35.0 Å². The Morgan fingerprint density at radius 1 is 1.09 bits per heavy atom. The van der Waals surface area contributed by atoms with Crippen LogP contribution in [0.1, 0.15) is 16.7 Å². The van der Waals surface area contributed by atoms with E-state index < -0.39 is 23.5 Å². The van der Waals surface area contributed by atoms with E-state index in [1.54, 1.807) is 25.3 Å². The summed E-state index contributed by atoms with van der Waals surface area (Å²) in [5.74, 6) is -1.89. The number of carboxylic acids is 1. The second-order valence-corrected chi connectivity index (χ2v) is 7.56. The monoisotopic (exact) mass is 436 g/mol. The van der Waals surface area contributed by atoms with Crippen LogP contribution >= 0.6 is 0 Å². The van der Waals surface area contributed by atoms with Crippen LogP contribution in [0.3, 0.4) is 0 Å². The van der Waals surface area contributed by atoms with Crippen molar-refractivity contribution < 1.29 is 29.3 Å². The number of phenolic OH excluding ortho intramolecular Hbond substituents is 2. The Bertz CT molecular complexity index is 1420. The molecule has 0 bridgehead atoms. The van der Waals surface area contributed by atoms with E-state index in [1.165, 1.54) is 24.3 Å². The molecule has 2 aromatic carbocycles. The molecule has 0 saturated heterocycles. The fourth-order valence-electron chi connectivity index (χ4n) is 3.75. The molecule has 0 aliphatic rings. The minimum atomic E-state index is -1.24. The van der Waals surface area contributed by atoms with Crippen molar-refractivity contribution in [2.24, 2.45) is 0 Å². The van der Waals surface area contributed by atoms with Crippen molar-refractivity contribution in [3.8, 4) is 11.5 Å². The Kier molecular flexibility index (Phi) is 5.31. The van der Waals surface area contributed by atoms with E-state index in [-0.39, 0.29) is 35.5 Å². The van der Waals surface area contributed by atoms with Gasteiger partial charge in [0.1, 0.15) is 23.1 Å². The number of nitrogens with one attached hydrogen (secondary N) is 2. The number of aliphatic carboxylic acids is 1. The summed E-state index contributed by atoms with van der Waals surface area (Å²) in [6.45, 7) is 1.66.